The van der Waals surface area contributed by atoms with Gasteiger partial charge >= 0.3 is 0 Å². The van der Waals surface area contributed by atoms with Crippen LogP contribution in [0.25, 0.3) is 0 Å². The Bertz CT molecular complexity index is 657. The van der Waals surface area contributed by atoms with E-state index in [4.69, 9.17) is 11.6 Å². The molecule has 0 heterocycles. The van der Waals surface area contributed by atoms with E-state index in [2.05, 4.69) is 10.9 Å². The fraction of sp³-hybridized carbons (Fsp3) is 0.125. The normalized spacial score (nSPS) is 10.1. The number of hydrazine groups is 1. The van der Waals surface area contributed by atoms with Crippen molar-refractivity contribution in [1.82, 2.24) is 10.9 Å². The Hall–Kier alpha value is -1.98. The van der Waals surface area contributed by atoms with Gasteiger partial charge < -0.3 is 0 Å². The van der Waals surface area contributed by atoms with Crippen LogP contribution in [-0.4, -0.2) is 17.6 Å². The summed E-state index contributed by atoms with van der Waals surface area (Å²) in [6, 6.07) is 14.3. The first-order chi connectivity index (χ1) is 10.5. The minimum absolute atomic E-state index is 0.226. The molecule has 6 heteroatoms. The molecule has 0 atom stereocenters. The van der Waals surface area contributed by atoms with Gasteiger partial charge in [0, 0.05) is 15.5 Å². The number of carbonyl (C=O) groups is 2. The number of rotatable bonds is 4. The summed E-state index contributed by atoms with van der Waals surface area (Å²) in [7, 11) is 0. The first-order valence-corrected chi connectivity index (χ1v) is 7.95. The molecule has 0 aliphatic carbocycles. The smallest absolute Gasteiger partial charge is 0.269 e. The topological polar surface area (TPSA) is 58.2 Å². The summed E-state index contributed by atoms with van der Waals surface area (Å²) < 4.78 is 0. The third kappa shape index (κ3) is 5.09. The molecule has 2 aromatic rings. The van der Waals surface area contributed by atoms with Crippen LogP contribution in [0.2, 0.25) is 5.02 Å². The lowest BCUT2D eigenvalue weighted by Gasteiger charge is -2.07. The molecule has 0 aliphatic rings. The molecule has 2 amide bonds. The maximum Gasteiger partial charge on any atom is 0.269 e. The molecular weight excluding hydrogens is 320 g/mol. The van der Waals surface area contributed by atoms with Crippen LogP contribution in [0.5, 0.6) is 0 Å². The van der Waals surface area contributed by atoms with Crippen molar-refractivity contribution in [3.05, 3.63) is 64.7 Å². The fourth-order valence-electron chi connectivity index (χ4n) is 1.62. The van der Waals surface area contributed by atoms with E-state index in [1.165, 1.54) is 17.3 Å². The molecule has 114 valence electrons. The maximum absolute atomic E-state index is 11.8. The number of nitrogens with one attached hydrogen (secondary N) is 2. The summed E-state index contributed by atoms with van der Waals surface area (Å²) in [6.45, 7) is 2.01. The predicted molar refractivity (Wildman–Crippen MR) is 89.0 cm³/mol. The second-order valence-corrected chi connectivity index (χ2v) is 6.10. The quantitative estimate of drug-likeness (QED) is 0.667. The molecule has 22 heavy (non-hydrogen) atoms. The van der Waals surface area contributed by atoms with Gasteiger partial charge in [-0.2, -0.15) is 0 Å². The Kier molecular flexibility index (Phi) is 5.86. The highest BCUT2D eigenvalue weighted by Crippen LogP contribution is 2.17. The number of hydrogen-bond acceptors (Lipinski definition) is 3. The van der Waals surface area contributed by atoms with E-state index in [9.17, 15) is 9.59 Å². The molecule has 0 unspecified atom stereocenters. The van der Waals surface area contributed by atoms with E-state index >= 15 is 0 Å². The number of amides is 2. The molecule has 0 spiro atoms. The predicted octanol–water partition coefficient (Wildman–Crippen LogP) is 3.20. The average Bonchev–Trinajstić information content (AvgIpc) is 2.52. The molecule has 2 rings (SSSR count). The molecule has 0 aromatic heterocycles. The van der Waals surface area contributed by atoms with E-state index in [0.29, 0.717) is 10.6 Å². The zero-order valence-electron chi connectivity index (χ0n) is 11.9. The van der Waals surface area contributed by atoms with Crippen molar-refractivity contribution < 1.29 is 9.59 Å². The Morgan fingerprint density at radius 1 is 1.00 bits per heavy atom. The summed E-state index contributed by atoms with van der Waals surface area (Å²) in [5.41, 5.74) is 6.35. The van der Waals surface area contributed by atoms with Gasteiger partial charge in [-0.15, -0.1) is 11.8 Å². The highest BCUT2D eigenvalue weighted by Gasteiger charge is 2.07. The molecule has 0 aliphatic heterocycles. The van der Waals surface area contributed by atoms with Gasteiger partial charge in [0.1, 0.15) is 0 Å². The van der Waals surface area contributed by atoms with Crippen molar-refractivity contribution >= 4 is 35.2 Å². The summed E-state index contributed by atoms with van der Waals surface area (Å²) >= 11 is 7.15. The minimum Gasteiger partial charge on any atom is -0.272 e. The molecular formula is C16H15ClN2O2S. The van der Waals surface area contributed by atoms with Gasteiger partial charge in [0.25, 0.3) is 5.91 Å². The summed E-state index contributed by atoms with van der Waals surface area (Å²) in [4.78, 5) is 24.5. The van der Waals surface area contributed by atoms with Crippen molar-refractivity contribution in [3.63, 3.8) is 0 Å². The van der Waals surface area contributed by atoms with Crippen molar-refractivity contribution in [3.8, 4) is 0 Å². The Labute approximate surface area is 138 Å². The van der Waals surface area contributed by atoms with Gasteiger partial charge in [0.2, 0.25) is 5.91 Å². The number of hydrogen-bond donors (Lipinski definition) is 2. The molecule has 2 N–H and O–H groups in total. The van der Waals surface area contributed by atoms with Crippen LogP contribution in [0.3, 0.4) is 0 Å². The fourth-order valence-corrected chi connectivity index (χ4v) is 2.44. The largest absolute Gasteiger partial charge is 0.272 e. The lowest BCUT2D eigenvalue weighted by Crippen LogP contribution is -2.42. The van der Waals surface area contributed by atoms with Gasteiger partial charge in [-0.3, -0.25) is 20.4 Å². The lowest BCUT2D eigenvalue weighted by atomic mass is 10.2. The third-order valence-corrected chi connectivity index (χ3v) is 4.08. The highest BCUT2D eigenvalue weighted by atomic mass is 35.5. The van der Waals surface area contributed by atoms with Crippen molar-refractivity contribution in [2.75, 3.05) is 5.75 Å². The highest BCUT2D eigenvalue weighted by molar-refractivity contribution is 8.00. The van der Waals surface area contributed by atoms with Gasteiger partial charge in [-0.1, -0.05) is 29.3 Å². The molecule has 0 fully saturated rings. The summed E-state index contributed by atoms with van der Waals surface area (Å²) in [6.07, 6.45) is 0. The van der Waals surface area contributed by atoms with Crippen molar-refractivity contribution in [1.29, 1.82) is 0 Å². The maximum atomic E-state index is 11.8. The SMILES string of the molecule is Cc1ccc(SCC(=O)NNC(=O)c2ccc(Cl)cc2)cc1. The second-order valence-electron chi connectivity index (χ2n) is 4.61. The summed E-state index contributed by atoms with van der Waals surface area (Å²) in [5.74, 6) is -0.428. The number of thioether (sulfide) groups is 1. The molecule has 4 nitrogen and oxygen atoms in total. The molecule has 2 aromatic carbocycles. The minimum atomic E-state index is -0.384. The Balaban J connectivity index is 1.76. The van der Waals surface area contributed by atoms with Gasteiger partial charge in [0.15, 0.2) is 0 Å². The lowest BCUT2D eigenvalue weighted by molar-refractivity contribution is -0.119. The number of carbonyl (C=O) groups excluding carboxylic acids is 2. The first kappa shape index (κ1) is 16.4. The first-order valence-electron chi connectivity index (χ1n) is 6.59. The van der Waals surface area contributed by atoms with Gasteiger partial charge in [-0.25, -0.2) is 0 Å². The Morgan fingerprint density at radius 2 is 1.64 bits per heavy atom. The third-order valence-electron chi connectivity index (χ3n) is 2.81. The molecule has 0 saturated carbocycles. The van der Waals surface area contributed by atoms with Crippen LogP contribution >= 0.6 is 23.4 Å². The van der Waals surface area contributed by atoms with Crippen LogP contribution in [-0.2, 0) is 4.79 Å². The second kappa shape index (κ2) is 7.87. The van der Waals surface area contributed by atoms with E-state index in [-0.39, 0.29) is 17.6 Å². The zero-order valence-corrected chi connectivity index (χ0v) is 13.5. The molecule has 0 bridgehead atoms. The van der Waals surface area contributed by atoms with E-state index in [1.54, 1.807) is 24.3 Å². The number of benzene rings is 2. The van der Waals surface area contributed by atoms with Gasteiger partial charge in [0.05, 0.1) is 5.75 Å². The van der Waals surface area contributed by atoms with Crippen molar-refractivity contribution in [2.45, 2.75) is 11.8 Å². The van der Waals surface area contributed by atoms with Gasteiger partial charge in [-0.05, 0) is 43.3 Å². The van der Waals surface area contributed by atoms with E-state index in [1.807, 2.05) is 31.2 Å². The molecule has 0 saturated heterocycles. The molecule has 0 radical (unpaired) electrons. The van der Waals surface area contributed by atoms with Crippen molar-refractivity contribution in [2.24, 2.45) is 0 Å². The van der Waals surface area contributed by atoms with Crippen LogP contribution in [0.15, 0.2) is 53.4 Å². The Morgan fingerprint density at radius 3 is 2.27 bits per heavy atom. The zero-order chi connectivity index (χ0) is 15.9. The van der Waals surface area contributed by atoms with Crippen LogP contribution in [0.4, 0.5) is 0 Å². The monoisotopic (exact) mass is 334 g/mol. The number of aryl methyl sites for hydroxylation is 1. The average molecular weight is 335 g/mol. The van der Waals surface area contributed by atoms with E-state index < -0.39 is 0 Å². The summed E-state index contributed by atoms with van der Waals surface area (Å²) in [5, 5.41) is 0.551. The van der Waals surface area contributed by atoms with Crippen LogP contribution in [0, 0.1) is 6.92 Å². The van der Waals surface area contributed by atoms with E-state index in [0.717, 1.165) is 4.90 Å². The number of halogens is 1. The van der Waals surface area contributed by atoms with Crippen LogP contribution in [0.1, 0.15) is 15.9 Å². The van der Waals surface area contributed by atoms with Crippen LogP contribution < -0.4 is 10.9 Å². The standard InChI is InChI=1S/C16H15ClN2O2S/c1-11-2-8-14(9-3-11)22-10-15(20)18-19-16(21)12-4-6-13(17)7-5-12/h2-9H,10H2,1H3,(H,18,20)(H,19,21).